The van der Waals surface area contributed by atoms with Gasteiger partial charge in [0, 0.05) is 78.8 Å². The van der Waals surface area contributed by atoms with E-state index >= 15 is 0 Å². The normalized spacial score (nSPS) is 19.2. The molecule has 7 nitrogen and oxygen atoms in total. The monoisotopic (exact) mass is 552 g/mol. The predicted octanol–water partition coefficient (Wildman–Crippen LogP) is 4.90. The molecule has 0 aliphatic carbocycles. The highest BCUT2D eigenvalue weighted by atomic mass is 35.5. The molecule has 0 aromatic heterocycles. The third kappa shape index (κ3) is 5.52. The summed E-state index contributed by atoms with van der Waals surface area (Å²) in [5.41, 5.74) is 2.50. The van der Waals surface area contributed by atoms with E-state index in [1.165, 1.54) is 0 Å². The lowest BCUT2D eigenvalue weighted by atomic mass is 9.84. The van der Waals surface area contributed by atoms with E-state index in [2.05, 4.69) is 15.5 Å². The van der Waals surface area contributed by atoms with Crippen LogP contribution >= 0.6 is 23.2 Å². The summed E-state index contributed by atoms with van der Waals surface area (Å²) < 4.78 is 5.17. The quantitative estimate of drug-likeness (QED) is 0.415. The molecule has 1 unspecified atom stereocenters. The summed E-state index contributed by atoms with van der Waals surface area (Å²) in [4.78, 5) is 31.1. The van der Waals surface area contributed by atoms with Crippen molar-refractivity contribution in [2.75, 3.05) is 57.1 Å². The van der Waals surface area contributed by atoms with Gasteiger partial charge in [-0.3, -0.25) is 14.5 Å². The van der Waals surface area contributed by atoms with Crippen LogP contribution in [0.15, 0.2) is 66.7 Å². The third-order valence-electron chi connectivity index (χ3n) is 7.17. The number of hydrogen-bond acceptors (Lipinski definition) is 5. The highest BCUT2D eigenvalue weighted by Gasteiger charge is 2.47. The molecule has 2 aliphatic rings. The maximum absolute atomic E-state index is 13.6. The minimum atomic E-state index is -1.11. The molecule has 0 spiro atoms. The van der Waals surface area contributed by atoms with Crippen LogP contribution in [0, 0.1) is 0 Å². The van der Waals surface area contributed by atoms with Crippen LogP contribution in [-0.2, 0) is 21.5 Å². The van der Waals surface area contributed by atoms with Crippen LogP contribution in [0.3, 0.4) is 0 Å². The molecule has 0 saturated carbocycles. The zero-order chi connectivity index (χ0) is 26.7. The van der Waals surface area contributed by atoms with Crippen molar-refractivity contribution in [2.45, 2.75) is 12.0 Å². The number of carbonyl (C=O) groups is 2. The molecule has 2 amide bonds. The van der Waals surface area contributed by atoms with Gasteiger partial charge in [-0.15, -0.1) is 0 Å². The molecule has 2 N–H and O–H groups in total. The molecular formula is C29H30Cl2N4O3. The lowest BCUT2D eigenvalue weighted by Crippen LogP contribution is -2.49. The molecule has 9 heteroatoms. The minimum absolute atomic E-state index is 0.0213. The number of amides is 2. The van der Waals surface area contributed by atoms with Crippen molar-refractivity contribution in [2.24, 2.45) is 0 Å². The number of ether oxygens (including phenoxy) is 1. The van der Waals surface area contributed by atoms with E-state index in [1.54, 1.807) is 25.3 Å². The Bertz CT molecular complexity index is 1340. The second-order valence-corrected chi connectivity index (χ2v) is 10.6. The van der Waals surface area contributed by atoms with E-state index in [1.807, 2.05) is 53.4 Å². The topological polar surface area (TPSA) is 73.9 Å². The molecule has 2 heterocycles. The van der Waals surface area contributed by atoms with Crippen LogP contribution in [0.4, 0.5) is 11.4 Å². The highest BCUT2D eigenvalue weighted by Crippen LogP contribution is 2.42. The molecule has 38 heavy (non-hydrogen) atoms. The highest BCUT2D eigenvalue weighted by molar-refractivity contribution is 6.31. The first-order valence-corrected chi connectivity index (χ1v) is 13.4. The first-order chi connectivity index (χ1) is 18.4. The van der Waals surface area contributed by atoms with Gasteiger partial charge in [0.05, 0.1) is 6.61 Å². The Kier molecular flexibility index (Phi) is 7.91. The molecular weight excluding hydrogens is 523 g/mol. The number of piperazine rings is 1. The van der Waals surface area contributed by atoms with Gasteiger partial charge in [0.15, 0.2) is 0 Å². The number of rotatable bonds is 8. The van der Waals surface area contributed by atoms with Crippen LogP contribution in [0.1, 0.15) is 21.5 Å². The molecule has 2 aliphatic heterocycles. The number of nitrogens with one attached hydrogen (secondary N) is 2. The summed E-state index contributed by atoms with van der Waals surface area (Å²) in [5, 5.41) is 7.61. The molecule has 0 radical (unpaired) electrons. The maximum Gasteiger partial charge on any atom is 0.255 e. The zero-order valence-electron chi connectivity index (χ0n) is 21.2. The van der Waals surface area contributed by atoms with Gasteiger partial charge in [-0.2, -0.15) is 0 Å². The molecule has 0 bridgehead atoms. The second-order valence-electron chi connectivity index (χ2n) is 9.69. The van der Waals surface area contributed by atoms with Crippen molar-refractivity contribution in [1.82, 2.24) is 9.80 Å². The Balaban J connectivity index is 1.41. The fourth-order valence-electron chi connectivity index (χ4n) is 5.19. The van der Waals surface area contributed by atoms with Crippen molar-refractivity contribution in [3.05, 3.63) is 93.5 Å². The van der Waals surface area contributed by atoms with E-state index in [4.69, 9.17) is 27.9 Å². The fourth-order valence-corrected chi connectivity index (χ4v) is 5.58. The molecule has 198 valence electrons. The van der Waals surface area contributed by atoms with Crippen molar-refractivity contribution >= 4 is 46.4 Å². The number of methoxy groups -OCH3 is 1. The van der Waals surface area contributed by atoms with E-state index in [9.17, 15) is 9.59 Å². The van der Waals surface area contributed by atoms with Gasteiger partial charge in [-0.1, -0.05) is 47.5 Å². The standard InChI is InChI=1S/C29H30Cl2N4O3/c1-38-15-14-34-10-12-35(13-11-34)27(36)21-5-3-7-24(17-21)33-29(19-20-4-2-6-22(30)16-20)25-9-8-23(31)18-26(25)32-28(29)37/h2-9,16-18,33H,10-15,19H2,1H3,(H,32,37). The number of halogens is 2. The number of anilines is 2. The number of hydrogen-bond donors (Lipinski definition) is 2. The van der Waals surface area contributed by atoms with Gasteiger partial charge >= 0.3 is 0 Å². The lowest BCUT2D eigenvalue weighted by molar-refractivity contribution is -0.119. The Hall–Kier alpha value is -3.10. The smallest absolute Gasteiger partial charge is 0.255 e. The van der Waals surface area contributed by atoms with E-state index in [0.29, 0.717) is 53.1 Å². The first-order valence-electron chi connectivity index (χ1n) is 12.6. The predicted molar refractivity (Wildman–Crippen MR) is 151 cm³/mol. The van der Waals surface area contributed by atoms with Gasteiger partial charge in [0.25, 0.3) is 11.8 Å². The van der Waals surface area contributed by atoms with Crippen LogP contribution < -0.4 is 10.6 Å². The van der Waals surface area contributed by atoms with Crippen LogP contribution in [0.25, 0.3) is 0 Å². The average Bonchev–Trinajstić information content (AvgIpc) is 3.17. The lowest BCUT2D eigenvalue weighted by Gasteiger charge is -2.34. The van der Waals surface area contributed by atoms with Gasteiger partial charge in [-0.25, -0.2) is 0 Å². The van der Waals surface area contributed by atoms with E-state index in [0.717, 1.165) is 30.8 Å². The summed E-state index contributed by atoms with van der Waals surface area (Å²) in [6, 6.07) is 20.2. The summed E-state index contributed by atoms with van der Waals surface area (Å²) >= 11 is 12.5. The molecule has 1 saturated heterocycles. The van der Waals surface area contributed by atoms with Gasteiger partial charge < -0.3 is 20.3 Å². The number of benzene rings is 3. The second kappa shape index (κ2) is 11.3. The van der Waals surface area contributed by atoms with Crippen LogP contribution in [-0.4, -0.2) is 68.1 Å². The number of nitrogens with zero attached hydrogens (tertiary/aromatic N) is 2. The minimum Gasteiger partial charge on any atom is -0.383 e. The largest absolute Gasteiger partial charge is 0.383 e. The van der Waals surface area contributed by atoms with E-state index in [-0.39, 0.29) is 11.8 Å². The Morgan fingerprint density at radius 1 is 1.00 bits per heavy atom. The van der Waals surface area contributed by atoms with Crippen LogP contribution in [0.2, 0.25) is 10.0 Å². The summed E-state index contributed by atoms with van der Waals surface area (Å²) in [6.45, 7) is 4.50. The zero-order valence-corrected chi connectivity index (χ0v) is 22.7. The Morgan fingerprint density at radius 2 is 1.76 bits per heavy atom. The van der Waals surface area contributed by atoms with E-state index < -0.39 is 5.54 Å². The van der Waals surface area contributed by atoms with Crippen molar-refractivity contribution in [1.29, 1.82) is 0 Å². The van der Waals surface area contributed by atoms with Gasteiger partial charge in [0.1, 0.15) is 5.54 Å². The Labute approximate surface area is 232 Å². The van der Waals surface area contributed by atoms with Crippen molar-refractivity contribution < 1.29 is 14.3 Å². The molecule has 1 atom stereocenters. The Morgan fingerprint density at radius 3 is 2.53 bits per heavy atom. The number of carbonyl (C=O) groups excluding carboxylic acids is 2. The van der Waals surface area contributed by atoms with Gasteiger partial charge in [-0.05, 0) is 48.0 Å². The summed E-state index contributed by atoms with van der Waals surface area (Å²) in [6.07, 6.45) is 0.357. The third-order valence-corrected chi connectivity index (χ3v) is 7.64. The average molecular weight is 553 g/mol. The summed E-state index contributed by atoms with van der Waals surface area (Å²) in [7, 11) is 1.70. The fraction of sp³-hybridized carbons (Fsp3) is 0.310. The molecule has 3 aromatic carbocycles. The maximum atomic E-state index is 13.6. The van der Waals surface area contributed by atoms with Crippen molar-refractivity contribution in [3.63, 3.8) is 0 Å². The van der Waals surface area contributed by atoms with Crippen LogP contribution in [0.5, 0.6) is 0 Å². The summed E-state index contributed by atoms with van der Waals surface area (Å²) in [5.74, 6) is -0.217. The first kappa shape index (κ1) is 26.5. The number of fused-ring (bicyclic) bond motifs is 1. The molecule has 1 fully saturated rings. The van der Waals surface area contributed by atoms with Gasteiger partial charge in [0.2, 0.25) is 0 Å². The molecule has 5 rings (SSSR count). The van der Waals surface area contributed by atoms with Crippen molar-refractivity contribution in [3.8, 4) is 0 Å². The molecule has 3 aromatic rings. The SMILES string of the molecule is COCCN1CCN(C(=O)c2cccc(NC3(Cc4cccc(Cl)c4)C(=O)Nc4cc(Cl)ccc43)c2)CC1.